The van der Waals surface area contributed by atoms with Crippen molar-refractivity contribution in [3.05, 3.63) is 76.6 Å². The highest BCUT2D eigenvalue weighted by atomic mass is 19.4. The van der Waals surface area contributed by atoms with Crippen molar-refractivity contribution in [2.45, 2.75) is 132 Å². The van der Waals surface area contributed by atoms with Crippen LogP contribution in [0.1, 0.15) is 129 Å². The van der Waals surface area contributed by atoms with Gasteiger partial charge in [0.15, 0.2) is 0 Å². The predicted octanol–water partition coefficient (Wildman–Crippen LogP) is 9.29. The van der Waals surface area contributed by atoms with Gasteiger partial charge < -0.3 is 4.90 Å². The highest BCUT2D eigenvalue weighted by Crippen LogP contribution is 2.38. The fourth-order valence-corrected chi connectivity index (χ4v) is 5.78. The number of hydrogen-bond acceptors (Lipinski definition) is 7. The number of hydrogen-bond donors (Lipinski definition) is 2. The van der Waals surface area contributed by atoms with Gasteiger partial charge in [-0.05, 0) is 73.3 Å². The van der Waals surface area contributed by atoms with Gasteiger partial charge in [0, 0.05) is 0 Å². The van der Waals surface area contributed by atoms with E-state index in [1.54, 1.807) is 0 Å². The zero-order chi connectivity index (χ0) is 41.7. The maximum Gasteiger partial charge on any atom is 0.417 e. The Morgan fingerprint density at radius 2 is 1.51 bits per heavy atom. The molecule has 1 aliphatic heterocycles. The van der Waals surface area contributed by atoms with Crippen molar-refractivity contribution >= 4 is 23.5 Å². The van der Waals surface area contributed by atoms with Crippen LogP contribution in [0.5, 0.6) is 0 Å². The Morgan fingerprint density at radius 3 is 1.98 bits per heavy atom. The highest BCUT2D eigenvalue weighted by Gasteiger charge is 2.52. The van der Waals surface area contributed by atoms with Crippen molar-refractivity contribution in [3.63, 3.8) is 0 Å². The number of benzene rings is 2. The number of urea groups is 1. The van der Waals surface area contributed by atoms with Gasteiger partial charge in [0.2, 0.25) is 0 Å². The second kappa shape index (κ2) is 20.8. The number of halogens is 3. The molecule has 1 aromatic heterocycles. The van der Waals surface area contributed by atoms with Crippen LogP contribution in [0.4, 0.5) is 23.7 Å². The summed E-state index contributed by atoms with van der Waals surface area (Å²) in [5.74, 6) is 1.66. The first kappa shape index (κ1) is 46.4. The molecule has 1 fully saturated rings. The number of nitrogens with one attached hydrogen (secondary N) is 1. The second-order valence-corrected chi connectivity index (χ2v) is 15.9. The Hall–Kier alpha value is -4.77. The molecule has 2 heterocycles. The van der Waals surface area contributed by atoms with Gasteiger partial charge in [-0.25, -0.2) is 19.9 Å². The van der Waals surface area contributed by atoms with Gasteiger partial charge in [-0.3, -0.25) is 14.8 Å². The fraction of sp³-hybridized carbons (Fsp3) is 0.561. The SMILES string of the molecule is CC(C)CCCCC(C)C.CC(C)Cc1ccc(C(C)C)cc1.CC1(C)C(=O)N(c2ccc(C#N)c(C(F)(F)F)c2)C(=O)N1Cc1cn(CC(=O)NO)nn1. The predicted molar refractivity (Wildman–Crippen MR) is 206 cm³/mol. The quantitative estimate of drug-likeness (QED) is 0.0763. The largest absolute Gasteiger partial charge is 0.417 e. The Bertz CT molecular complexity index is 1730. The Balaban J connectivity index is 0.000000371. The minimum Gasteiger partial charge on any atom is -0.304 e. The Kier molecular flexibility index (Phi) is 17.5. The summed E-state index contributed by atoms with van der Waals surface area (Å²) in [6.45, 7) is 20.5. The van der Waals surface area contributed by atoms with Crippen LogP contribution in [-0.4, -0.2) is 48.5 Å². The molecule has 4 amide bonds. The molecule has 0 radical (unpaired) electrons. The van der Waals surface area contributed by atoms with Gasteiger partial charge in [-0.1, -0.05) is 111 Å². The van der Waals surface area contributed by atoms with E-state index in [0.717, 1.165) is 39.5 Å². The van der Waals surface area contributed by atoms with Crippen molar-refractivity contribution in [2.75, 3.05) is 4.90 Å². The van der Waals surface area contributed by atoms with Crippen LogP contribution in [0.15, 0.2) is 48.7 Å². The summed E-state index contributed by atoms with van der Waals surface area (Å²) in [5.41, 5.74) is 0.851. The summed E-state index contributed by atoms with van der Waals surface area (Å²) in [7, 11) is 0. The molecule has 1 aliphatic rings. The molecule has 2 aromatic carbocycles. The van der Waals surface area contributed by atoms with Crippen LogP contribution in [0.25, 0.3) is 0 Å². The summed E-state index contributed by atoms with van der Waals surface area (Å²) in [6, 6.07) is 12.1. The molecule has 14 heteroatoms. The smallest absolute Gasteiger partial charge is 0.304 e. The minimum atomic E-state index is -4.86. The summed E-state index contributed by atoms with van der Waals surface area (Å²) < 4.78 is 41.0. The van der Waals surface area contributed by atoms with E-state index in [0.29, 0.717) is 16.9 Å². The fourth-order valence-electron chi connectivity index (χ4n) is 5.78. The molecule has 3 aromatic rings. The lowest BCUT2D eigenvalue weighted by atomic mass is 9.98. The lowest BCUT2D eigenvalue weighted by Gasteiger charge is -2.26. The third-order valence-electron chi connectivity index (χ3n) is 8.95. The van der Waals surface area contributed by atoms with Crippen LogP contribution in [-0.2, 0) is 35.3 Å². The van der Waals surface area contributed by atoms with Crippen molar-refractivity contribution in [1.82, 2.24) is 25.4 Å². The number of carbonyl (C=O) groups excluding carboxylic acids is 3. The molecule has 0 saturated carbocycles. The Labute approximate surface area is 323 Å². The highest BCUT2D eigenvalue weighted by molar-refractivity contribution is 6.23. The third kappa shape index (κ3) is 14.1. The molecule has 0 unspecified atom stereocenters. The molecule has 2 N–H and O–H groups in total. The monoisotopic (exact) mass is 769 g/mol. The van der Waals surface area contributed by atoms with Crippen molar-refractivity contribution in [3.8, 4) is 6.07 Å². The zero-order valence-corrected chi connectivity index (χ0v) is 33.9. The number of imide groups is 1. The van der Waals surface area contributed by atoms with Crippen molar-refractivity contribution in [1.29, 1.82) is 5.26 Å². The molecule has 4 rings (SSSR count). The minimum absolute atomic E-state index is 0.197. The first-order valence-corrected chi connectivity index (χ1v) is 18.8. The van der Waals surface area contributed by atoms with E-state index in [9.17, 15) is 27.6 Å². The number of anilines is 1. The average molecular weight is 770 g/mol. The maximum absolute atomic E-state index is 13.3. The van der Waals surface area contributed by atoms with Gasteiger partial charge in [0.05, 0.1) is 35.6 Å². The van der Waals surface area contributed by atoms with Crippen LogP contribution in [0.3, 0.4) is 0 Å². The lowest BCUT2D eigenvalue weighted by Crippen LogP contribution is -2.43. The summed E-state index contributed by atoms with van der Waals surface area (Å²) in [4.78, 5) is 38.9. The number of hydroxylamine groups is 1. The van der Waals surface area contributed by atoms with Crippen LogP contribution < -0.4 is 10.4 Å². The molecule has 0 bridgehead atoms. The Morgan fingerprint density at radius 1 is 0.927 bits per heavy atom. The first-order valence-electron chi connectivity index (χ1n) is 18.8. The number of unbranched alkanes of at least 4 members (excludes halogenated alkanes) is 1. The number of carbonyl (C=O) groups is 3. The number of nitriles is 1. The molecule has 0 aliphatic carbocycles. The van der Waals surface area contributed by atoms with Crippen molar-refractivity contribution in [2.24, 2.45) is 17.8 Å². The second-order valence-electron chi connectivity index (χ2n) is 15.9. The molecule has 302 valence electrons. The normalized spacial score (nSPS) is 13.9. The average Bonchev–Trinajstić information content (AvgIpc) is 3.61. The standard InChI is InChI=1S/C18H16F3N7O4.C13H20.C10H22/c1-17(2)15(30)28(12-4-3-10(6-22)13(5-12)18(19,20)21)16(31)27(17)8-11-7-26(25-23-11)9-14(29)24-32;1-10(2)9-12-5-7-13(8-6-12)11(3)4;1-9(2)7-5-6-8-10(3)4/h3-5,7,32H,8-9H2,1-2H3,(H,24,29);5-8,10-11H,9H2,1-4H3;9-10H,5-8H2,1-4H3. The first-order chi connectivity index (χ1) is 25.6. The molecular formula is C41H58F3N7O4. The van der Waals surface area contributed by atoms with Crippen molar-refractivity contribution < 1.29 is 32.8 Å². The maximum atomic E-state index is 13.3. The van der Waals surface area contributed by atoms with E-state index in [4.69, 9.17) is 10.5 Å². The van der Waals surface area contributed by atoms with E-state index < -0.39 is 40.7 Å². The van der Waals surface area contributed by atoms with E-state index >= 15 is 0 Å². The summed E-state index contributed by atoms with van der Waals surface area (Å²) in [5, 5.41) is 25.0. The molecule has 1 saturated heterocycles. The van der Waals surface area contributed by atoms with Gasteiger partial charge >= 0.3 is 12.2 Å². The summed E-state index contributed by atoms with van der Waals surface area (Å²) >= 11 is 0. The number of rotatable bonds is 13. The molecule has 0 spiro atoms. The number of alkyl halides is 3. The van der Waals surface area contributed by atoms with E-state index in [-0.39, 0.29) is 24.5 Å². The van der Waals surface area contributed by atoms with Gasteiger partial charge in [-0.2, -0.15) is 18.4 Å². The van der Waals surface area contributed by atoms with Gasteiger partial charge in [-0.15, -0.1) is 5.10 Å². The number of amides is 4. The molecule has 55 heavy (non-hydrogen) atoms. The van der Waals surface area contributed by atoms with Crippen LogP contribution in [0, 0.1) is 29.1 Å². The van der Waals surface area contributed by atoms with Gasteiger partial charge in [0.1, 0.15) is 17.8 Å². The lowest BCUT2D eigenvalue weighted by molar-refractivity contribution is -0.137. The third-order valence-corrected chi connectivity index (χ3v) is 8.95. The van der Waals surface area contributed by atoms with Crippen LogP contribution in [0.2, 0.25) is 0 Å². The molecule has 0 atom stereocenters. The molecular weight excluding hydrogens is 711 g/mol. The molecule has 11 nitrogen and oxygen atoms in total. The number of nitrogens with zero attached hydrogens (tertiary/aromatic N) is 6. The van der Waals surface area contributed by atoms with E-state index in [1.165, 1.54) is 74.8 Å². The van der Waals surface area contributed by atoms with Gasteiger partial charge in [0.25, 0.3) is 11.8 Å². The number of aromatic nitrogens is 3. The summed E-state index contributed by atoms with van der Waals surface area (Å²) in [6.07, 6.45) is 3.32. The topological polar surface area (TPSA) is 144 Å². The van der Waals surface area contributed by atoms with E-state index in [1.807, 2.05) is 0 Å². The van der Waals surface area contributed by atoms with Crippen LogP contribution >= 0.6 is 0 Å². The van der Waals surface area contributed by atoms with E-state index in [2.05, 4.69) is 90.0 Å². The zero-order valence-electron chi connectivity index (χ0n) is 33.9.